The molecule has 0 unspecified atom stereocenters. The predicted molar refractivity (Wildman–Crippen MR) is 84.5 cm³/mol. The van der Waals surface area contributed by atoms with Crippen LogP contribution in [0.15, 0.2) is 28.4 Å². The Balaban J connectivity index is 2.41. The molecule has 0 spiro atoms. The summed E-state index contributed by atoms with van der Waals surface area (Å²) in [6.45, 7) is 2.11. The molecule has 110 valence electrons. The number of aryl methyl sites for hydroxylation is 1. The van der Waals surface area contributed by atoms with Crippen LogP contribution in [0.4, 0.5) is 5.69 Å². The van der Waals surface area contributed by atoms with E-state index in [0.717, 1.165) is 29.5 Å². The maximum absolute atomic E-state index is 12.4. The van der Waals surface area contributed by atoms with Gasteiger partial charge in [0, 0.05) is 15.5 Å². The fraction of sp³-hybridized carbons (Fsp3) is 0.267. The van der Waals surface area contributed by atoms with Gasteiger partial charge in [-0.15, -0.1) is 11.3 Å². The van der Waals surface area contributed by atoms with Crippen molar-refractivity contribution in [3.05, 3.63) is 39.4 Å². The zero-order valence-electron chi connectivity index (χ0n) is 11.6. The molecule has 2 amide bonds. The van der Waals surface area contributed by atoms with Gasteiger partial charge in [-0.1, -0.05) is 19.4 Å². The van der Waals surface area contributed by atoms with Gasteiger partial charge >= 0.3 is 11.8 Å². The van der Waals surface area contributed by atoms with Crippen molar-refractivity contribution in [2.75, 3.05) is 5.32 Å². The summed E-state index contributed by atoms with van der Waals surface area (Å²) in [6.07, 6.45) is 3.05. The van der Waals surface area contributed by atoms with Crippen LogP contribution in [0.3, 0.4) is 0 Å². The summed E-state index contributed by atoms with van der Waals surface area (Å²) >= 11 is 1.34. The number of nitrogens with two attached hydrogens (primary N) is 1. The van der Waals surface area contributed by atoms with Gasteiger partial charge in [0.25, 0.3) is 0 Å². The van der Waals surface area contributed by atoms with Crippen LogP contribution < -0.4 is 16.5 Å². The molecule has 21 heavy (non-hydrogen) atoms. The minimum Gasteiger partial charge on any atom is -0.361 e. The van der Waals surface area contributed by atoms with Crippen molar-refractivity contribution < 1.29 is 9.59 Å². The van der Waals surface area contributed by atoms with Crippen molar-refractivity contribution in [3.8, 4) is 0 Å². The van der Waals surface area contributed by atoms with Gasteiger partial charge in [-0.3, -0.25) is 14.4 Å². The number of hydrogen-bond acceptors (Lipinski definition) is 4. The molecule has 6 heteroatoms. The van der Waals surface area contributed by atoms with E-state index < -0.39 is 11.8 Å². The molecule has 1 aromatic carbocycles. The molecule has 0 aliphatic carbocycles. The van der Waals surface area contributed by atoms with Gasteiger partial charge in [-0.2, -0.15) is 0 Å². The first-order valence-corrected chi connectivity index (χ1v) is 7.56. The van der Waals surface area contributed by atoms with Gasteiger partial charge in [0.1, 0.15) is 0 Å². The van der Waals surface area contributed by atoms with Crippen molar-refractivity contribution >= 4 is 38.9 Å². The van der Waals surface area contributed by atoms with Crippen molar-refractivity contribution in [1.82, 2.24) is 0 Å². The fourth-order valence-electron chi connectivity index (χ4n) is 1.98. The fourth-order valence-corrected chi connectivity index (χ4v) is 2.82. The van der Waals surface area contributed by atoms with E-state index in [1.807, 2.05) is 18.2 Å². The number of unbranched alkanes of at least 4 members (excludes halogenated alkanes) is 1. The molecule has 0 atom stereocenters. The summed E-state index contributed by atoms with van der Waals surface area (Å²) in [6, 6.07) is 5.77. The molecule has 5 nitrogen and oxygen atoms in total. The van der Waals surface area contributed by atoms with Crippen molar-refractivity contribution in [3.63, 3.8) is 0 Å². The number of anilines is 1. The van der Waals surface area contributed by atoms with E-state index in [1.54, 1.807) is 0 Å². The highest BCUT2D eigenvalue weighted by atomic mass is 32.1. The quantitative estimate of drug-likeness (QED) is 0.847. The molecule has 2 aromatic rings. The Hall–Kier alpha value is -2.21. The Morgan fingerprint density at radius 2 is 2.10 bits per heavy atom. The molecule has 1 heterocycles. The molecular formula is C15H16N2O3S. The molecule has 0 bridgehead atoms. The number of primary amides is 1. The van der Waals surface area contributed by atoms with Crippen LogP contribution in [0.5, 0.6) is 0 Å². The van der Waals surface area contributed by atoms with E-state index in [9.17, 15) is 14.4 Å². The number of benzene rings is 1. The molecule has 0 saturated carbocycles. The first-order chi connectivity index (χ1) is 10.0. The van der Waals surface area contributed by atoms with Crippen molar-refractivity contribution in [2.45, 2.75) is 26.2 Å². The summed E-state index contributed by atoms with van der Waals surface area (Å²) in [5, 5.41) is 4.33. The minimum atomic E-state index is -1.11. The molecule has 0 aliphatic rings. The zero-order chi connectivity index (χ0) is 15.4. The molecule has 0 aliphatic heterocycles. The van der Waals surface area contributed by atoms with Gasteiger partial charge in [0.2, 0.25) is 5.43 Å². The Kier molecular flexibility index (Phi) is 4.70. The van der Waals surface area contributed by atoms with Crippen LogP contribution in [0.2, 0.25) is 0 Å². The van der Waals surface area contributed by atoms with E-state index in [4.69, 9.17) is 5.73 Å². The SMILES string of the molecule is CCCCc1ccc2scc(NC(=O)C(N)=O)c(=O)c2c1. The van der Waals surface area contributed by atoms with Crippen LogP contribution in [-0.4, -0.2) is 11.8 Å². The molecule has 1 aromatic heterocycles. The zero-order valence-corrected chi connectivity index (χ0v) is 12.5. The normalized spacial score (nSPS) is 10.5. The molecule has 2 rings (SSSR count). The third-order valence-electron chi connectivity index (χ3n) is 3.13. The van der Waals surface area contributed by atoms with Gasteiger partial charge in [-0.05, 0) is 30.5 Å². The van der Waals surface area contributed by atoms with E-state index in [0.29, 0.717) is 5.39 Å². The van der Waals surface area contributed by atoms with Gasteiger partial charge in [0.05, 0.1) is 5.69 Å². The lowest BCUT2D eigenvalue weighted by atomic mass is 10.1. The van der Waals surface area contributed by atoms with Gasteiger partial charge in [-0.25, -0.2) is 0 Å². The summed E-state index contributed by atoms with van der Waals surface area (Å²) in [4.78, 5) is 34.4. The topological polar surface area (TPSA) is 89.3 Å². The standard InChI is InChI=1S/C15H16N2O3S/c1-2-3-4-9-5-6-12-10(7-9)13(18)11(8-21-12)17-15(20)14(16)19/h5-8H,2-4H2,1H3,(H2,16,19)(H,17,20). The number of hydrogen-bond donors (Lipinski definition) is 2. The van der Waals surface area contributed by atoms with E-state index in [2.05, 4.69) is 12.2 Å². The number of fused-ring (bicyclic) bond motifs is 1. The monoisotopic (exact) mass is 304 g/mol. The first-order valence-electron chi connectivity index (χ1n) is 6.68. The van der Waals surface area contributed by atoms with Gasteiger partial charge in [0.15, 0.2) is 0 Å². The molecule has 0 radical (unpaired) electrons. The lowest BCUT2D eigenvalue weighted by Crippen LogP contribution is -2.31. The number of rotatable bonds is 4. The smallest absolute Gasteiger partial charge is 0.313 e. The number of carbonyl (C=O) groups is 2. The summed E-state index contributed by atoms with van der Waals surface area (Å²) in [5.41, 5.74) is 5.76. The average Bonchev–Trinajstić information content (AvgIpc) is 2.48. The second-order valence-corrected chi connectivity index (χ2v) is 5.64. The van der Waals surface area contributed by atoms with Crippen LogP contribution in [0.25, 0.3) is 10.1 Å². The number of amides is 2. The Morgan fingerprint density at radius 1 is 1.33 bits per heavy atom. The summed E-state index contributed by atoms with van der Waals surface area (Å²) < 4.78 is 0.845. The summed E-state index contributed by atoms with van der Waals surface area (Å²) in [7, 11) is 0. The second kappa shape index (κ2) is 6.49. The first kappa shape index (κ1) is 15.2. The highest BCUT2D eigenvalue weighted by Gasteiger charge is 2.13. The van der Waals surface area contributed by atoms with E-state index in [1.165, 1.54) is 16.7 Å². The largest absolute Gasteiger partial charge is 0.361 e. The lowest BCUT2D eigenvalue weighted by Gasteiger charge is -2.05. The molecule has 3 N–H and O–H groups in total. The Morgan fingerprint density at radius 3 is 2.76 bits per heavy atom. The Labute approximate surface area is 125 Å². The van der Waals surface area contributed by atoms with Crippen molar-refractivity contribution in [1.29, 1.82) is 0 Å². The van der Waals surface area contributed by atoms with E-state index >= 15 is 0 Å². The molecular weight excluding hydrogens is 288 g/mol. The number of nitrogens with one attached hydrogen (secondary N) is 1. The maximum Gasteiger partial charge on any atom is 0.313 e. The maximum atomic E-state index is 12.4. The molecule has 0 saturated heterocycles. The van der Waals surface area contributed by atoms with Gasteiger partial charge < -0.3 is 11.1 Å². The third-order valence-corrected chi connectivity index (χ3v) is 4.09. The lowest BCUT2D eigenvalue weighted by molar-refractivity contribution is -0.134. The summed E-state index contributed by atoms with van der Waals surface area (Å²) in [5.74, 6) is -2.10. The van der Waals surface area contributed by atoms with Crippen molar-refractivity contribution in [2.24, 2.45) is 5.73 Å². The average molecular weight is 304 g/mol. The molecule has 0 fully saturated rings. The highest BCUT2D eigenvalue weighted by molar-refractivity contribution is 7.16. The van der Waals surface area contributed by atoms with Crippen LogP contribution >= 0.6 is 11.3 Å². The van der Waals surface area contributed by atoms with E-state index in [-0.39, 0.29) is 11.1 Å². The van der Waals surface area contributed by atoms with Crippen LogP contribution in [0.1, 0.15) is 25.3 Å². The Bertz CT molecular complexity index is 752. The second-order valence-electron chi connectivity index (χ2n) is 4.73. The predicted octanol–water partition coefficient (Wildman–Crippen LogP) is 2.03. The minimum absolute atomic E-state index is 0.0870. The number of carbonyl (C=O) groups excluding carboxylic acids is 2. The van der Waals surface area contributed by atoms with Crippen LogP contribution in [0, 0.1) is 0 Å². The van der Waals surface area contributed by atoms with Crippen LogP contribution in [-0.2, 0) is 16.0 Å². The third kappa shape index (κ3) is 3.46. The highest BCUT2D eigenvalue weighted by Crippen LogP contribution is 2.21.